The van der Waals surface area contributed by atoms with E-state index in [4.69, 9.17) is 20.9 Å². The quantitative estimate of drug-likeness (QED) is 0.695. The highest BCUT2D eigenvalue weighted by Gasteiger charge is 2.20. The highest BCUT2D eigenvalue weighted by atomic mass is 35.5. The summed E-state index contributed by atoms with van der Waals surface area (Å²) in [6.07, 6.45) is 0. The lowest BCUT2D eigenvalue weighted by Gasteiger charge is -2.14. The smallest absolute Gasteiger partial charge is 0.262 e. The number of methoxy groups -OCH3 is 1. The molecule has 8 heteroatoms. The fraction of sp³-hybridized carbons (Fsp3) is 0.167. The van der Waals surface area contributed by atoms with E-state index in [0.717, 1.165) is 11.3 Å². The third-order valence-corrected chi connectivity index (χ3v) is 5.54. The molecule has 0 aliphatic heterocycles. The summed E-state index contributed by atoms with van der Waals surface area (Å²) in [5.41, 5.74) is 2.35. The normalized spacial score (nSPS) is 11.4. The van der Waals surface area contributed by atoms with Crippen LogP contribution in [0.15, 0.2) is 51.9 Å². The topological polar surface area (TPSA) is 81.4 Å². The lowest BCUT2D eigenvalue weighted by molar-refractivity contribution is 0.417. The first-order chi connectivity index (χ1) is 12.3. The molecule has 26 heavy (non-hydrogen) atoms. The van der Waals surface area contributed by atoms with E-state index >= 15 is 0 Å². The van der Waals surface area contributed by atoms with Crippen LogP contribution in [-0.4, -0.2) is 20.7 Å². The minimum absolute atomic E-state index is 0.152. The van der Waals surface area contributed by atoms with Gasteiger partial charge in [-0.15, -0.1) is 0 Å². The third-order valence-electron chi connectivity index (χ3n) is 3.78. The highest BCUT2D eigenvalue weighted by molar-refractivity contribution is 7.92. The minimum atomic E-state index is -3.82. The third kappa shape index (κ3) is 3.68. The predicted octanol–water partition coefficient (Wildman–Crippen LogP) is 4.42. The molecular formula is C18H17ClN2O4S. The molecule has 6 nitrogen and oxygen atoms in total. The van der Waals surface area contributed by atoms with Gasteiger partial charge in [-0.25, -0.2) is 8.42 Å². The zero-order valence-corrected chi connectivity index (χ0v) is 16.0. The standard InChI is InChI=1S/C18H17ClN2O4S/c1-11-8-13(17-9-12(2)20-25-17)4-7-18(11)26(22,23)21-15-10-14(19)5-6-16(15)24-3/h4-10,21H,1-3H3. The van der Waals surface area contributed by atoms with Gasteiger partial charge in [-0.05, 0) is 55.8 Å². The first kappa shape index (κ1) is 18.3. The monoisotopic (exact) mass is 392 g/mol. The van der Waals surface area contributed by atoms with Crippen molar-refractivity contribution in [1.29, 1.82) is 0 Å². The number of nitrogens with zero attached hydrogens (tertiary/aromatic N) is 1. The maximum Gasteiger partial charge on any atom is 0.262 e. The Labute approximate surface area is 156 Å². The van der Waals surface area contributed by atoms with Crippen molar-refractivity contribution in [2.24, 2.45) is 0 Å². The van der Waals surface area contributed by atoms with Gasteiger partial charge in [0, 0.05) is 16.7 Å². The number of aromatic nitrogens is 1. The molecular weight excluding hydrogens is 376 g/mol. The van der Waals surface area contributed by atoms with E-state index in [1.54, 1.807) is 37.3 Å². The number of rotatable bonds is 5. The molecule has 1 heterocycles. The number of hydrogen-bond donors (Lipinski definition) is 1. The molecule has 2 aromatic carbocycles. The van der Waals surface area contributed by atoms with Crippen LogP contribution in [0.5, 0.6) is 5.75 Å². The maximum atomic E-state index is 12.8. The second-order valence-electron chi connectivity index (χ2n) is 5.76. The number of halogens is 1. The maximum absolute atomic E-state index is 12.8. The molecule has 1 N–H and O–H groups in total. The Bertz CT molecular complexity index is 1060. The van der Waals surface area contributed by atoms with Gasteiger partial charge < -0.3 is 9.26 Å². The van der Waals surface area contributed by atoms with E-state index in [1.807, 2.05) is 6.92 Å². The molecule has 0 saturated carbocycles. The van der Waals surface area contributed by atoms with Gasteiger partial charge in [0.1, 0.15) is 5.75 Å². The zero-order valence-electron chi connectivity index (χ0n) is 14.4. The van der Waals surface area contributed by atoms with Crippen LogP contribution >= 0.6 is 11.6 Å². The van der Waals surface area contributed by atoms with Crippen LogP contribution in [0.1, 0.15) is 11.3 Å². The lowest BCUT2D eigenvalue weighted by atomic mass is 10.1. The summed E-state index contributed by atoms with van der Waals surface area (Å²) in [5, 5.41) is 4.24. The van der Waals surface area contributed by atoms with E-state index in [9.17, 15) is 8.42 Å². The van der Waals surface area contributed by atoms with E-state index in [0.29, 0.717) is 22.1 Å². The van der Waals surface area contributed by atoms with Crippen molar-refractivity contribution >= 4 is 27.3 Å². The number of anilines is 1. The van der Waals surface area contributed by atoms with Gasteiger partial charge in [0.2, 0.25) is 0 Å². The van der Waals surface area contributed by atoms with Gasteiger partial charge in [0.05, 0.1) is 23.4 Å². The summed E-state index contributed by atoms with van der Waals surface area (Å²) >= 11 is 5.96. The van der Waals surface area contributed by atoms with Crippen molar-refractivity contribution in [2.45, 2.75) is 18.7 Å². The van der Waals surface area contributed by atoms with Gasteiger partial charge in [-0.2, -0.15) is 0 Å². The van der Waals surface area contributed by atoms with Crippen molar-refractivity contribution in [2.75, 3.05) is 11.8 Å². The van der Waals surface area contributed by atoms with Crippen molar-refractivity contribution in [3.63, 3.8) is 0 Å². The van der Waals surface area contributed by atoms with E-state index < -0.39 is 10.0 Å². The van der Waals surface area contributed by atoms with Gasteiger partial charge in [-0.1, -0.05) is 16.8 Å². The Morgan fingerprint density at radius 3 is 2.50 bits per heavy atom. The van der Waals surface area contributed by atoms with E-state index in [2.05, 4.69) is 9.88 Å². The van der Waals surface area contributed by atoms with Crippen molar-refractivity contribution in [3.05, 3.63) is 58.7 Å². The Hall–Kier alpha value is -2.51. The highest BCUT2D eigenvalue weighted by Crippen LogP contribution is 2.31. The molecule has 3 rings (SSSR count). The van der Waals surface area contributed by atoms with E-state index in [-0.39, 0.29) is 10.6 Å². The first-order valence-corrected chi connectivity index (χ1v) is 9.57. The number of aryl methyl sites for hydroxylation is 2. The number of benzene rings is 2. The lowest BCUT2D eigenvalue weighted by Crippen LogP contribution is -2.15. The molecule has 0 saturated heterocycles. The number of hydrogen-bond acceptors (Lipinski definition) is 5. The summed E-state index contributed by atoms with van der Waals surface area (Å²) in [6.45, 7) is 3.54. The van der Waals surface area contributed by atoms with E-state index in [1.165, 1.54) is 19.2 Å². The Balaban J connectivity index is 1.96. The summed E-state index contributed by atoms with van der Waals surface area (Å²) in [5.74, 6) is 0.961. The van der Waals surface area contributed by atoms with Gasteiger partial charge >= 0.3 is 0 Å². The zero-order chi connectivity index (χ0) is 18.9. The Morgan fingerprint density at radius 1 is 1.12 bits per heavy atom. The summed E-state index contributed by atoms with van der Waals surface area (Å²) in [6, 6.07) is 11.5. The molecule has 0 amide bonds. The van der Waals surface area contributed by atoms with Crippen molar-refractivity contribution in [1.82, 2.24) is 5.16 Å². The van der Waals surface area contributed by atoms with Crippen LogP contribution in [0.4, 0.5) is 5.69 Å². The second-order valence-corrected chi connectivity index (χ2v) is 7.85. The summed E-state index contributed by atoms with van der Waals surface area (Å²) in [4.78, 5) is 0.152. The van der Waals surface area contributed by atoms with Crippen LogP contribution in [0.2, 0.25) is 5.02 Å². The average molecular weight is 393 g/mol. The van der Waals surface area contributed by atoms with Crippen molar-refractivity contribution in [3.8, 4) is 17.1 Å². The van der Waals surface area contributed by atoms with Gasteiger partial charge in [-0.3, -0.25) is 4.72 Å². The van der Waals surface area contributed by atoms with Crippen LogP contribution in [0, 0.1) is 13.8 Å². The van der Waals surface area contributed by atoms with Crippen LogP contribution in [0.3, 0.4) is 0 Å². The average Bonchev–Trinajstić information content (AvgIpc) is 3.01. The Kier molecular flexibility index (Phi) is 4.93. The minimum Gasteiger partial charge on any atom is -0.495 e. The number of nitrogens with one attached hydrogen (secondary N) is 1. The van der Waals surface area contributed by atoms with Crippen LogP contribution < -0.4 is 9.46 Å². The molecule has 136 valence electrons. The SMILES string of the molecule is COc1ccc(Cl)cc1NS(=O)(=O)c1ccc(-c2cc(C)no2)cc1C. The predicted molar refractivity (Wildman–Crippen MR) is 100 cm³/mol. The molecule has 0 unspecified atom stereocenters. The second kappa shape index (κ2) is 7.01. The fourth-order valence-electron chi connectivity index (χ4n) is 2.56. The molecule has 0 atom stereocenters. The first-order valence-electron chi connectivity index (χ1n) is 7.71. The molecule has 0 aliphatic carbocycles. The molecule has 0 bridgehead atoms. The van der Waals surface area contributed by atoms with Crippen molar-refractivity contribution < 1.29 is 17.7 Å². The fourth-order valence-corrected chi connectivity index (χ4v) is 4.02. The molecule has 0 spiro atoms. The molecule has 0 aliphatic rings. The van der Waals surface area contributed by atoms with Crippen LogP contribution in [-0.2, 0) is 10.0 Å². The number of sulfonamides is 1. The molecule has 3 aromatic rings. The van der Waals surface area contributed by atoms with Gasteiger partial charge in [0.25, 0.3) is 10.0 Å². The van der Waals surface area contributed by atoms with Gasteiger partial charge in [0.15, 0.2) is 5.76 Å². The summed E-state index contributed by atoms with van der Waals surface area (Å²) < 4.78 is 38.6. The van der Waals surface area contributed by atoms with Crippen LogP contribution in [0.25, 0.3) is 11.3 Å². The largest absolute Gasteiger partial charge is 0.495 e. The Morgan fingerprint density at radius 2 is 1.88 bits per heavy atom. The molecule has 1 aromatic heterocycles. The summed E-state index contributed by atoms with van der Waals surface area (Å²) in [7, 11) is -2.36. The number of ether oxygens (including phenoxy) is 1. The molecule has 0 fully saturated rings. The molecule has 0 radical (unpaired) electrons.